The fourth-order valence-corrected chi connectivity index (χ4v) is 2.90. The SMILES string of the molecule is Cc1oc(-c2ccccc2F)nc1CC(=O)Nc1ccc2oc(=O)n(C)c2c1. The van der Waals surface area contributed by atoms with Gasteiger partial charge < -0.3 is 14.2 Å². The van der Waals surface area contributed by atoms with Crippen LogP contribution in [-0.2, 0) is 18.3 Å². The van der Waals surface area contributed by atoms with Gasteiger partial charge >= 0.3 is 5.76 Å². The smallest absolute Gasteiger partial charge is 0.419 e. The van der Waals surface area contributed by atoms with Crippen LogP contribution >= 0.6 is 0 Å². The zero-order chi connectivity index (χ0) is 19.8. The summed E-state index contributed by atoms with van der Waals surface area (Å²) < 4.78 is 25.9. The van der Waals surface area contributed by atoms with E-state index in [1.165, 1.54) is 10.6 Å². The highest BCUT2D eigenvalue weighted by Gasteiger charge is 2.17. The van der Waals surface area contributed by atoms with Gasteiger partial charge in [0.1, 0.15) is 11.6 Å². The van der Waals surface area contributed by atoms with E-state index in [0.29, 0.717) is 28.2 Å². The third-order valence-corrected chi connectivity index (χ3v) is 4.40. The first kappa shape index (κ1) is 17.7. The molecule has 142 valence electrons. The van der Waals surface area contributed by atoms with E-state index in [9.17, 15) is 14.0 Å². The van der Waals surface area contributed by atoms with Gasteiger partial charge in [0.2, 0.25) is 11.8 Å². The molecule has 1 N–H and O–H groups in total. The van der Waals surface area contributed by atoms with Crippen molar-refractivity contribution in [1.29, 1.82) is 0 Å². The van der Waals surface area contributed by atoms with Crippen molar-refractivity contribution in [2.45, 2.75) is 13.3 Å². The first-order valence-corrected chi connectivity index (χ1v) is 8.53. The van der Waals surface area contributed by atoms with Crippen LogP contribution in [0.25, 0.3) is 22.6 Å². The molecule has 0 fully saturated rings. The third-order valence-electron chi connectivity index (χ3n) is 4.40. The minimum absolute atomic E-state index is 0.0356. The van der Waals surface area contributed by atoms with Gasteiger partial charge in [0, 0.05) is 12.7 Å². The molecule has 0 aliphatic rings. The Morgan fingerprint density at radius 2 is 2.00 bits per heavy atom. The molecule has 1 amide bonds. The van der Waals surface area contributed by atoms with Crippen molar-refractivity contribution in [2.24, 2.45) is 7.05 Å². The second kappa shape index (κ2) is 6.80. The van der Waals surface area contributed by atoms with Gasteiger partial charge in [-0.05, 0) is 37.3 Å². The number of carbonyl (C=O) groups excluding carboxylic acids is 1. The van der Waals surface area contributed by atoms with Crippen LogP contribution in [-0.4, -0.2) is 15.5 Å². The standard InChI is InChI=1S/C20H16FN3O4/c1-11-15(23-19(27-11)13-5-3-4-6-14(13)21)10-18(25)22-12-7-8-17-16(9-12)24(2)20(26)28-17/h3-9H,10H2,1-2H3,(H,22,25). The Hall–Kier alpha value is -3.68. The van der Waals surface area contributed by atoms with Gasteiger partial charge in [-0.15, -0.1) is 0 Å². The summed E-state index contributed by atoms with van der Waals surface area (Å²) in [6.45, 7) is 1.67. The number of hydrogen-bond donors (Lipinski definition) is 1. The van der Waals surface area contributed by atoms with Crippen molar-refractivity contribution in [3.63, 3.8) is 0 Å². The summed E-state index contributed by atoms with van der Waals surface area (Å²) in [5.41, 5.74) is 2.19. The Morgan fingerprint density at radius 3 is 2.79 bits per heavy atom. The number of nitrogens with zero attached hydrogens (tertiary/aromatic N) is 2. The summed E-state index contributed by atoms with van der Waals surface area (Å²) in [5, 5.41) is 2.75. The van der Waals surface area contributed by atoms with Gasteiger partial charge in [0.15, 0.2) is 5.58 Å². The fraction of sp³-hybridized carbons (Fsp3) is 0.150. The number of hydrogen-bond acceptors (Lipinski definition) is 5. The van der Waals surface area contributed by atoms with Gasteiger partial charge in [-0.3, -0.25) is 9.36 Å². The normalized spacial score (nSPS) is 11.1. The molecule has 0 atom stereocenters. The predicted octanol–water partition coefficient (Wildman–Crippen LogP) is 3.42. The molecule has 0 unspecified atom stereocenters. The molecule has 4 aromatic rings. The van der Waals surface area contributed by atoms with Crippen LogP contribution in [0.3, 0.4) is 0 Å². The fourth-order valence-electron chi connectivity index (χ4n) is 2.90. The van der Waals surface area contributed by atoms with Gasteiger partial charge in [-0.2, -0.15) is 0 Å². The second-order valence-corrected chi connectivity index (χ2v) is 6.34. The van der Waals surface area contributed by atoms with E-state index in [2.05, 4.69) is 10.3 Å². The number of rotatable bonds is 4. The summed E-state index contributed by atoms with van der Waals surface area (Å²) in [4.78, 5) is 28.2. The van der Waals surface area contributed by atoms with E-state index in [4.69, 9.17) is 8.83 Å². The zero-order valence-corrected chi connectivity index (χ0v) is 15.2. The molecule has 8 heteroatoms. The molecule has 0 aliphatic carbocycles. The lowest BCUT2D eigenvalue weighted by Gasteiger charge is -2.04. The molecule has 0 spiro atoms. The average Bonchev–Trinajstić information content (AvgIpc) is 3.15. The number of fused-ring (bicyclic) bond motifs is 1. The first-order valence-electron chi connectivity index (χ1n) is 8.53. The van der Waals surface area contributed by atoms with Crippen LogP contribution in [0.15, 0.2) is 56.1 Å². The molecule has 7 nitrogen and oxygen atoms in total. The second-order valence-electron chi connectivity index (χ2n) is 6.34. The molecule has 0 aliphatic heterocycles. The molecule has 28 heavy (non-hydrogen) atoms. The van der Waals surface area contributed by atoms with Crippen LogP contribution in [0.1, 0.15) is 11.5 Å². The number of aryl methyl sites for hydroxylation is 2. The lowest BCUT2D eigenvalue weighted by molar-refractivity contribution is -0.115. The van der Waals surface area contributed by atoms with Crippen molar-refractivity contribution < 1.29 is 18.0 Å². The molecular weight excluding hydrogens is 365 g/mol. The minimum atomic E-state index is -0.475. The molecule has 2 heterocycles. The first-order chi connectivity index (χ1) is 13.4. The Kier molecular flexibility index (Phi) is 4.31. The number of aromatic nitrogens is 2. The highest BCUT2D eigenvalue weighted by Crippen LogP contribution is 2.25. The van der Waals surface area contributed by atoms with Crippen LogP contribution in [0, 0.1) is 12.7 Å². The van der Waals surface area contributed by atoms with E-state index in [1.54, 1.807) is 50.4 Å². The predicted molar refractivity (Wildman–Crippen MR) is 100 cm³/mol. The summed E-state index contributed by atoms with van der Waals surface area (Å²) in [5.74, 6) is -0.658. The van der Waals surface area contributed by atoms with Crippen molar-refractivity contribution >= 4 is 22.7 Å². The van der Waals surface area contributed by atoms with Gasteiger partial charge in [-0.25, -0.2) is 14.2 Å². The summed E-state index contributed by atoms with van der Waals surface area (Å²) in [7, 11) is 1.59. The molecule has 2 aromatic heterocycles. The van der Waals surface area contributed by atoms with E-state index >= 15 is 0 Å². The Balaban J connectivity index is 1.54. The van der Waals surface area contributed by atoms with E-state index in [1.807, 2.05) is 0 Å². The molecule has 0 saturated heterocycles. The molecule has 0 bridgehead atoms. The molecule has 0 saturated carbocycles. The Bertz CT molecular complexity index is 1250. The number of anilines is 1. The van der Waals surface area contributed by atoms with Crippen molar-refractivity contribution in [2.75, 3.05) is 5.32 Å². The number of nitrogens with one attached hydrogen (secondary N) is 1. The summed E-state index contributed by atoms with van der Waals surface area (Å²) in [6.07, 6.45) is -0.0356. The van der Waals surface area contributed by atoms with Crippen LogP contribution in [0.5, 0.6) is 0 Å². The van der Waals surface area contributed by atoms with Crippen molar-refractivity contribution in [1.82, 2.24) is 9.55 Å². The maximum absolute atomic E-state index is 13.9. The van der Waals surface area contributed by atoms with Gasteiger partial charge in [0.05, 0.1) is 23.2 Å². The third kappa shape index (κ3) is 3.20. The Labute approximate surface area is 158 Å². The Morgan fingerprint density at radius 1 is 1.21 bits per heavy atom. The largest absolute Gasteiger partial charge is 0.441 e. The number of carbonyl (C=O) groups is 1. The average molecular weight is 381 g/mol. The van der Waals surface area contributed by atoms with Crippen LogP contribution in [0.4, 0.5) is 10.1 Å². The zero-order valence-electron chi connectivity index (χ0n) is 15.2. The van der Waals surface area contributed by atoms with Crippen molar-refractivity contribution in [3.8, 4) is 11.5 Å². The molecule has 2 aromatic carbocycles. The molecular formula is C20H16FN3O4. The van der Waals surface area contributed by atoms with Crippen LogP contribution < -0.4 is 11.1 Å². The lowest BCUT2D eigenvalue weighted by atomic mass is 10.2. The molecule has 0 radical (unpaired) electrons. The number of benzene rings is 2. The van der Waals surface area contributed by atoms with Gasteiger partial charge in [0.25, 0.3) is 0 Å². The maximum atomic E-state index is 13.9. The van der Waals surface area contributed by atoms with Gasteiger partial charge in [-0.1, -0.05) is 12.1 Å². The van der Waals surface area contributed by atoms with Crippen molar-refractivity contribution in [3.05, 3.63) is 70.3 Å². The maximum Gasteiger partial charge on any atom is 0.419 e. The van der Waals surface area contributed by atoms with E-state index < -0.39 is 11.6 Å². The summed E-state index contributed by atoms with van der Waals surface area (Å²) >= 11 is 0. The summed E-state index contributed by atoms with van der Waals surface area (Å²) in [6, 6.07) is 11.1. The van der Waals surface area contributed by atoms with E-state index in [-0.39, 0.29) is 23.8 Å². The van der Waals surface area contributed by atoms with Crippen LogP contribution in [0.2, 0.25) is 0 Å². The minimum Gasteiger partial charge on any atom is -0.441 e. The molecule has 4 rings (SSSR count). The number of amides is 1. The topological polar surface area (TPSA) is 90.3 Å². The van der Waals surface area contributed by atoms with E-state index in [0.717, 1.165) is 0 Å². The number of halogens is 1. The lowest BCUT2D eigenvalue weighted by Crippen LogP contribution is -2.15. The number of oxazole rings is 2. The monoisotopic (exact) mass is 381 g/mol. The quantitative estimate of drug-likeness (QED) is 0.585. The highest BCUT2D eigenvalue weighted by molar-refractivity contribution is 5.94. The highest BCUT2D eigenvalue weighted by atomic mass is 19.1.